The molecule has 0 bridgehead atoms. The fourth-order valence-corrected chi connectivity index (χ4v) is 1.02. The number of rotatable bonds is 7. The molecule has 0 heterocycles. The summed E-state index contributed by atoms with van der Waals surface area (Å²) in [6.45, 7) is 0. The van der Waals surface area contributed by atoms with E-state index in [1.54, 1.807) is 0 Å². The van der Waals surface area contributed by atoms with E-state index in [0.29, 0.717) is 6.29 Å². The van der Waals surface area contributed by atoms with Crippen molar-refractivity contribution in [2.24, 2.45) is 11.5 Å². The minimum Gasteiger partial charge on any atom is -0.370 e. The zero-order valence-corrected chi connectivity index (χ0v) is 9.07. The number of carbonyl (C=O) groups is 3. The van der Waals surface area contributed by atoms with E-state index < -0.39 is 23.9 Å². The summed E-state index contributed by atoms with van der Waals surface area (Å²) >= 11 is 3.86. The van der Waals surface area contributed by atoms with Gasteiger partial charge >= 0.3 is 0 Å². The first-order chi connectivity index (χ1) is 7.01. The molecule has 2 atom stereocenters. The van der Waals surface area contributed by atoms with Crippen LogP contribution in [0, 0.1) is 0 Å². The maximum absolute atomic E-state index is 11.3. The average Bonchev–Trinajstić information content (AvgIpc) is 2.21. The molecule has 0 spiro atoms. The molecule has 0 saturated carbocycles. The summed E-state index contributed by atoms with van der Waals surface area (Å²) < 4.78 is 0. The van der Waals surface area contributed by atoms with Crippen LogP contribution in [0.4, 0.5) is 0 Å². The van der Waals surface area contributed by atoms with Gasteiger partial charge in [0.05, 0.1) is 12.1 Å². The van der Waals surface area contributed by atoms with Gasteiger partial charge in [0.1, 0.15) is 6.29 Å². The van der Waals surface area contributed by atoms with Crippen LogP contribution in [-0.4, -0.2) is 35.9 Å². The molecule has 2 amide bonds. The van der Waals surface area contributed by atoms with Crippen LogP contribution in [0.3, 0.4) is 0 Å². The molecule has 7 heteroatoms. The molecule has 0 aliphatic rings. The van der Waals surface area contributed by atoms with Gasteiger partial charge in [-0.1, -0.05) is 0 Å². The van der Waals surface area contributed by atoms with E-state index in [4.69, 9.17) is 11.5 Å². The van der Waals surface area contributed by atoms with Crippen LogP contribution in [0.15, 0.2) is 0 Å². The maximum atomic E-state index is 11.3. The zero-order valence-electron chi connectivity index (χ0n) is 8.18. The van der Waals surface area contributed by atoms with Crippen molar-refractivity contribution in [1.82, 2.24) is 5.32 Å². The number of hydrogen-bond donors (Lipinski definition) is 4. The molecule has 0 aliphatic carbocycles. The Bertz CT molecular complexity index is 247. The van der Waals surface area contributed by atoms with E-state index in [9.17, 15) is 14.4 Å². The van der Waals surface area contributed by atoms with Gasteiger partial charge < -0.3 is 21.6 Å². The first kappa shape index (κ1) is 13.9. The lowest BCUT2D eigenvalue weighted by molar-refractivity contribution is -0.125. The van der Waals surface area contributed by atoms with Crippen molar-refractivity contribution in [2.45, 2.75) is 24.9 Å². The van der Waals surface area contributed by atoms with Gasteiger partial charge in [0.2, 0.25) is 11.8 Å². The number of nitrogens with two attached hydrogens (primary N) is 2. The molecule has 0 saturated heterocycles. The third-order valence-electron chi connectivity index (χ3n) is 1.73. The molecular formula is C8H15N3O3S. The Labute approximate surface area is 93.2 Å². The molecule has 6 nitrogen and oxygen atoms in total. The molecule has 0 fully saturated rings. The number of amides is 2. The lowest BCUT2D eigenvalue weighted by Crippen LogP contribution is -2.47. The quantitative estimate of drug-likeness (QED) is 0.306. The second-order valence-electron chi connectivity index (χ2n) is 3.05. The molecule has 15 heavy (non-hydrogen) atoms. The minimum atomic E-state index is -0.833. The van der Waals surface area contributed by atoms with Crippen LogP contribution in [0.2, 0.25) is 0 Å². The summed E-state index contributed by atoms with van der Waals surface area (Å²) in [4.78, 5) is 32.1. The number of nitrogens with one attached hydrogen (secondary N) is 1. The van der Waals surface area contributed by atoms with Gasteiger partial charge in [0, 0.05) is 12.2 Å². The van der Waals surface area contributed by atoms with E-state index in [-0.39, 0.29) is 18.6 Å². The smallest absolute Gasteiger partial charge is 0.237 e. The van der Waals surface area contributed by atoms with Crippen molar-refractivity contribution in [2.75, 3.05) is 5.75 Å². The lowest BCUT2D eigenvalue weighted by atomic mass is 10.1. The summed E-state index contributed by atoms with van der Waals surface area (Å²) in [5.41, 5.74) is 10.4. The molecule has 5 N–H and O–H groups in total. The standard InChI is InChI=1S/C8H15N3O3S/c9-6(1-2-7(10)13)8(14)11-5(3-12)4-15/h3,5-6,15H,1-2,4,9H2,(H2,10,13)(H,11,14)/t5-,6?/m1/s1. The molecule has 0 aromatic rings. The van der Waals surface area contributed by atoms with Gasteiger partial charge in [-0.05, 0) is 6.42 Å². The number of hydrogen-bond acceptors (Lipinski definition) is 5. The first-order valence-corrected chi connectivity index (χ1v) is 5.05. The van der Waals surface area contributed by atoms with Crippen LogP contribution in [0.25, 0.3) is 0 Å². The van der Waals surface area contributed by atoms with E-state index in [1.807, 2.05) is 0 Å². The summed E-state index contributed by atoms with van der Waals surface area (Å²) in [5, 5.41) is 2.38. The first-order valence-electron chi connectivity index (χ1n) is 4.41. The molecular weight excluding hydrogens is 218 g/mol. The third kappa shape index (κ3) is 6.08. The van der Waals surface area contributed by atoms with Gasteiger partial charge in [0.25, 0.3) is 0 Å². The van der Waals surface area contributed by atoms with Gasteiger partial charge in [-0.2, -0.15) is 12.6 Å². The third-order valence-corrected chi connectivity index (χ3v) is 2.12. The number of aldehydes is 1. The summed E-state index contributed by atoms with van der Waals surface area (Å²) in [7, 11) is 0. The van der Waals surface area contributed by atoms with Crippen LogP contribution in [-0.2, 0) is 14.4 Å². The van der Waals surface area contributed by atoms with Crippen molar-refractivity contribution in [3.05, 3.63) is 0 Å². The predicted octanol–water partition coefficient (Wildman–Crippen LogP) is -1.81. The van der Waals surface area contributed by atoms with Crippen molar-refractivity contribution in [3.8, 4) is 0 Å². The highest BCUT2D eigenvalue weighted by Crippen LogP contribution is 1.95. The Morgan fingerprint density at radius 1 is 1.47 bits per heavy atom. The molecule has 1 unspecified atom stereocenters. The van der Waals surface area contributed by atoms with Crippen LogP contribution >= 0.6 is 12.6 Å². The molecule has 86 valence electrons. The topological polar surface area (TPSA) is 115 Å². The fraction of sp³-hybridized carbons (Fsp3) is 0.625. The van der Waals surface area contributed by atoms with Gasteiger partial charge in [-0.15, -0.1) is 0 Å². The predicted molar refractivity (Wildman–Crippen MR) is 58.3 cm³/mol. The molecule has 0 rings (SSSR count). The van der Waals surface area contributed by atoms with Crippen molar-refractivity contribution >= 4 is 30.7 Å². The highest BCUT2D eigenvalue weighted by molar-refractivity contribution is 7.80. The van der Waals surface area contributed by atoms with Crippen LogP contribution in [0.5, 0.6) is 0 Å². The zero-order chi connectivity index (χ0) is 11.8. The Hall–Kier alpha value is -1.08. The highest BCUT2D eigenvalue weighted by Gasteiger charge is 2.17. The Morgan fingerprint density at radius 2 is 2.07 bits per heavy atom. The lowest BCUT2D eigenvalue weighted by Gasteiger charge is -2.14. The van der Waals surface area contributed by atoms with E-state index in [1.165, 1.54) is 0 Å². The Morgan fingerprint density at radius 3 is 2.47 bits per heavy atom. The van der Waals surface area contributed by atoms with Crippen LogP contribution in [0.1, 0.15) is 12.8 Å². The normalized spacial score (nSPS) is 14.0. The molecule has 0 aliphatic heterocycles. The van der Waals surface area contributed by atoms with Crippen molar-refractivity contribution in [1.29, 1.82) is 0 Å². The monoisotopic (exact) mass is 233 g/mol. The van der Waals surface area contributed by atoms with Gasteiger partial charge in [0.15, 0.2) is 0 Å². The second-order valence-corrected chi connectivity index (χ2v) is 3.41. The van der Waals surface area contributed by atoms with E-state index in [2.05, 4.69) is 17.9 Å². The SMILES string of the molecule is NC(=O)CCC(N)C(=O)N[C@H](C=O)CS. The fourth-order valence-electron chi connectivity index (χ4n) is 0.841. The molecule has 0 aromatic carbocycles. The van der Waals surface area contributed by atoms with Gasteiger partial charge in [-0.25, -0.2) is 0 Å². The van der Waals surface area contributed by atoms with Crippen molar-refractivity contribution in [3.63, 3.8) is 0 Å². The largest absolute Gasteiger partial charge is 0.370 e. The maximum Gasteiger partial charge on any atom is 0.237 e. The Kier molecular flexibility index (Phi) is 6.72. The van der Waals surface area contributed by atoms with Gasteiger partial charge in [-0.3, -0.25) is 9.59 Å². The summed E-state index contributed by atoms with van der Waals surface area (Å²) in [5.74, 6) is -0.792. The molecule has 0 aromatic heterocycles. The number of primary amides is 1. The summed E-state index contributed by atoms with van der Waals surface area (Å²) in [6, 6.07) is -1.49. The van der Waals surface area contributed by atoms with Crippen molar-refractivity contribution < 1.29 is 14.4 Å². The number of thiol groups is 1. The minimum absolute atomic E-state index is 0.0429. The van der Waals surface area contributed by atoms with Crippen LogP contribution < -0.4 is 16.8 Å². The highest BCUT2D eigenvalue weighted by atomic mass is 32.1. The summed E-state index contributed by atoms with van der Waals surface area (Å²) in [6.07, 6.45) is 0.784. The average molecular weight is 233 g/mol. The van der Waals surface area contributed by atoms with E-state index >= 15 is 0 Å². The molecule has 0 radical (unpaired) electrons. The Balaban J connectivity index is 3.97. The second kappa shape index (κ2) is 7.24. The van der Waals surface area contributed by atoms with E-state index in [0.717, 1.165) is 0 Å². The number of carbonyl (C=O) groups excluding carboxylic acids is 3.